The van der Waals surface area contributed by atoms with Crippen LogP contribution in [0.5, 0.6) is 0 Å². The van der Waals surface area contributed by atoms with E-state index in [4.69, 9.17) is 5.11 Å². The van der Waals surface area contributed by atoms with Gasteiger partial charge in [0.25, 0.3) is 0 Å². The third kappa shape index (κ3) is 5.27. The molecule has 2 N–H and O–H groups in total. The van der Waals surface area contributed by atoms with Crippen LogP contribution in [0.25, 0.3) is 0 Å². The fraction of sp³-hybridized carbons (Fsp3) is 0.556. The summed E-state index contributed by atoms with van der Waals surface area (Å²) in [6.07, 6.45) is 3.64. The second kappa shape index (κ2) is 8.56. The number of rotatable bonds is 6. The summed E-state index contributed by atoms with van der Waals surface area (Å²) in [7, 11) is 0. The van der Waals surface area contributed by atoms with E-state index in [1.165, 1.54) is 5.56 Å². The highest BCUT2D eigenvalue weighted by Crippen LogP contribution is 2.24. The predicted octanol–water partition coefficient (Wildman–Crippen LogP) is 2.90. The Morgan fingerprint density at radius 2 is 1.83 bits per heavy atom. The molecule has 2 amide bonds. The van der Waals surface area contributed by atoms with Crippen molar-refractivity contribution in [3.05, 3.63) is 35.9 Å². The van der Waals surface area contributed by atoms with E-state index in [0.717, 1.165) is 19.3 Å². The molecule has 0 spiro atoms. The Labute approximate surface area is 137 Å². The summed E-state index contributed by atoms with van der Waals surface area (Å²) in [5.41, 5.74) is 1.22. The van der Waals surface area contributed by atoms with Crippen LogP contribution in [0.15, 0.2) is 30.3 Å². The van der Waals surface area contributed by atoms with E-state index in [9.17, 15) is 9.59 Å². The fourth-order valence-corrected chi connectivity index (χ4v) is 3.06. The maximum Gasteiger partial charge on any atom is 0.317 e. The molecule has 1 saturated carbocycles. The molecular formula is C18H26N2O3. The van der Waals surface area contributed by atoms with Crippen molar-refractivity contribution in [2.45, 2.75) is 45.1 Å². The number of hydrogen-bond donors (Lipinski definition) is 2. The minimum atomic E-state index is -0.715. The van der Waals surface area contributed by atoms with E-state index in [1.807, 2.05) is 30.0 Å². The molecule has 1 aliphatic carbocycles. The molecule has 2 rings (SSSR count). The number of likely N-dealkylation sites (N-methyl/N-ethyl adjacent to an activating group) is 1. The number of aliphatic carboxylic acids is 1. The third-order valence-corrected chi connectivity index (χ3v) is 4.59. The van der Waals surface area contributed by atoms with Gasteiger partial charge in [0.05, 0.1) is 5.92 Å². The molecule has 0 radical (unpaired) electrons. The number of carboxylic acids is 1. The largest absolute Gasteiger partial charge is 0.481 e. The summed E-state index contributed by atoms with van der Waals surface area (Å²) < 4.78 is 0. The van der Waals surface area contributed by atoms with Gasteiger partial charge < -0.3 is 15.3 Å². The zero-order chi connectivity index (χ0) is 16.7. The van der Waals surface area contributed by atoms with Crippen molar-refractivity contribution in [1.29, 1.82) is 0 Å². The van der Waals surface area contributed by atoms with Crippen molar-refractivity contribution in [3.63, 3.8) is 0 Å². The Morgan fingerprint density at radius 1 is 1.17 bits per heavy atom. The SMILES string of the molecule is CCN(CCc1ccccc1)C(=O)NC1CCC(C(=O)O)CC1. The van der Waals surface area contributed by atoms with E-state index >= 15 is 0 Å². The van der Waals surface area contributed by atoms with Crippen LogP contribution in [0.2, 0.25) is 0 Å². The van der Waals surface area contributed by atoms with Crippen molar-refractivity contribution in [3.8, 4) is 0 Å². The van der Waals surface area contributed by atoms with E-state index in [2.05, 4.69) is 17.4 Å². The second-order valence-corrected chi connectivity index (χ2v) is 6.15. The van der Waals surface area contributed by atoms with Gasteiger partial charge in [0.15, 0.2) is 0 Å². The minimum Gasteiger partial charge on any atom is -0.481 e. The Balaban J connectivity index is 1.78. The average molecular weight is 318 g/mol. The van der Waals surface area contributed by atoms with E-state index in [1.54, 1.807) is 0 Å². The summed E-state index contributed by atoms with van der Waals surface area (Å²) in [6, 6.07) is 10.2. The monoisotopic (exact) mass is 318 g/mol. The molecule has 1 aromatic carbocycles. The lowest BCUT2D eigenvalue weighted by Crippen LogP contribution is -2.46. The van der Waals surface area contributed by atoms with Crippen LogP contribution in [0.3, 0.4) is 0 Å². The molecule has 0 aromatic heterocycles. The lowest BCUT2D eigenvalue weighted by molar-refractivity contribution is -0.142. The summed E-state index contributed by atoms with van der Waals surface area (Å²) in [5, 5.41) is 12.1. The standard InChI is InChI=1S/C18H26N2O3/c1-2-20(13-12-14-6-4-3-5-7-14)18(23)19-16-10-8-15(9-11-16)17(21)22/h3-7,15-16H,2,8-13H2,1H3,(H,19,23)(H,21,22). The first kappa shape index (κ1) is 17.3. The Morgan fingerprint density at radius 3 is 2.39 bits per heavy atom. The highest BCUT2D eigenvalue weighted by molar-refractivity contribution is 5.74. The molecule has 1 aliphatic rings. The molecule has 0 bridgehead atoms. The highest BCUT2D eigenvalue weighted by atomic mass is 16.4. The molecule has 5 heteroatoms. The number of nitrogens with one attached hydrogen (secondary N) is 1. The lowest BCUT2D eigenvalue weighted by atomic mass is 9.86. The first-order valence-electron chi connectivity index (χ1n) is 8.42. The van der Waals surface area contributed by atoms with Crippen molar-refractivity contribution in [2.75, 3.05) is 13.1 Å². The van der Waals surface area contributed by atoms with E-state index in [-0.39, 0.29) is 18.0 Å². The van der Waals surface area contributed by atoms with Crippen LogP contribution < -0.4 is 5.32 Å². The first-order chi connectivity index (χ1) is 11.1. The van der Waals surface area contributed by atoms with Gasteiger partial charge in [-0.25, -0.2) is 4.79 Å². The van der Waals surface area contributed by atoms with Crippen molar-refractivity contribution < 1.29 is 14.7 Å². The molecule has 0 unspecified atom stereocenters. The molecular weight excluding hydrogens is 292 g/mol. The predicted molar refractivity (Wildman–Crippen MR) is 89.3 cm³/mol. The zero-order valence-corrected chi connectivity index (χ0v) is 13.7. The van der Waals surface area contributed by atoms with Gasteiger partial charge in [-0.3, -0.25) is 4.79 Å². The molecule has 1 fully saturated rings. The molecule has 1 aromatic rings. The van der Waals surface area contributed by atoms with E-state index < -0.39 is 5.97 Å². The smallest absolute Gasteiger partial charge is 0.317 e. The normalized spacial score (nSPS) is 20.7. The Kier molecular flexibility index (Phi) is 6.44. The number of carbonyl (C=O) groups is 2. The summed E-state index contributed by atoms with van der Waals surface area (Å²) in [4.78, 5) is 25.2. The maximum atomic E-state index is 12.4. The minimum absolute atomic E-state index is 0.0396. The topological polar surface area (TPSA) is 69.6 Å². The molecule has 23 heavy (non-hydrogen) atoms. The third-order valence-electron chi connectivity index (χ3n) is 4.59. The Bertz CT molecular complexity index is 510. The van der Waals surface area contributed by atoms with Crippen molar-refractivity contribution in [2.24, 2.45) is 5.92 Å². The van der Waals surface area contributed by atoms with Gasteiger partial charge in [0.2, 0.25) is 0 Å². The number of urea groups is 1. The molecule has 126 valence electrons. The van der Waals surface area contributed by atoms with Gasteiger partial charge in [-0.05, 0) is 44.6 Å². The molecule has 5 nitrogen and oxygen atoms in total. The summed E-state index contributed by atoms with van der Waals surface area (Å²) >= 11 is 0. The number of amides is 2. The van der Waals surface area contributed by atoms with Crippen LogP contribution in [-0.2, 0) is 11.2 Å². The van der Waals surface area contributed by atoms with Crippen LogP contribution in [0.4, 0.5) is 4.79 Å². The van der Waals surface area contributed by atoms with Gasteiger partial charge in [-0.2, -0.15) is 0 Å². The summed E-state index contributed by atoms with van der Waals surface area (Å²) in [6.45, 7) is 3.34. The maximum absolute atomic E-state index is 12.4. The van der Waals surface area contributed by atoms with Crippen LogP contribution in [-0.4, -0.2) is 41.1 Å². The number of carbonyl (C=O) groups excluding carboxylic acids is 1. The van der Waals surface area contributed by atoms with Crippen LogP contribution in [0, 0.1) is 5.92 Å². The molecule has 0 aliphatic heterocycles. The average Bonchev–Trinajstić information content (AvgIpc) is 2.57. The molecule has 0 heterocycles. The van der Waals surface area contributed by atoms with Gasteiger partial charge in [-0.15, -0.1) is 0 Å². The first-order valence-corrected chi connectivity index (χ1v) is 8.42. The molecule has 0 atom stereocenters. The molecule has 0 saturated heterocycles. The van der Waals surface area contributed by atoms with Gasteiger partial charge in [0.1, 0.15) is 0 Å². The number of carboxylic acid groups (broad SMARTS) is 1. The van der Waals surface area contributed by atoms with E-state index in [0.29, 0.717) is 25.9 Å². The van der Waals surface area contributed by atoms with Crippen molar-refractivity contribution >= 4 is 12.0 Å². The highest BCUT2D eigenvalue weighted by Gasteiger charge is 2.27. The lowest BCUT2D eigenvalue weighted by Gasteiger charge is -2.29. The van der Waals surface area contributed by atoms with Crippen LogP contribution >= 0.6 is 0 Å². The van der Waals surface area contributed by atoms with Crippen molar-refractivity contribution in [1.82, 2.24) is 10.2 Å². The Hall–Kier alpha value is -2.04. The fourth-order valence-electron chi connectivity index (χ4n) is 3.06. The van der Waals surface area contributed by atoms with Gasteiger partial charge in [0, 0.05) is 19.1 Å². The number of benzene rings is 1. The number of hydrogen-bond acceptors (Lipinski definition) is 2. The van der Waals surface area contributed by atoms with Crippen LogP contribution in [0.1, 0.15) is 38.2 Å². The quantitative estimate of drug-likeness (QED) is 0.847. The number of nitrogens with zero attached hydrogens (tertiary/aromatic N) is 1. The summed E-state index contributed by atoms with van der Waals surface area (Å²) in [5.74, 6) is -0.962. The van der Waals surface area contributed by atoms with Gasteiger partial charge in [-0.1, -0.05) is 30.3 Å². The zero-order valence-electron chi connectivity index (χ0n) is 13.7. The van der Waals surface area contributed by atoms with Gasteiger partial charge >= 0.3 is 12.0 Å². The second-order valence-electron chi connectivity index (χ2n) is 6.15.